The fourth-order valence-electron chi connectivity index (χ4n) is 2.18. The minimum absolute atomic E-state index is 0.298. The maximum Gasteiger partial charge on any atom is 0.352 e. The van der Waals surface area contributed by atoms with Gasteiger partial charge in [-0.25, -0.2) is 4.79 Å². The van der Waals surface area contributed by atoms with Gasteiger partial charge in [0.1, 0.15) is 11.4 Å². The van der Waals surface area contributed by atoms with Gasteiger partial charge in [-0.3, -0.25) is 0 Å². The summed E-state index contributed by atoms with van der Waals surface area (Å²) < 4.78 is 7.09. The van der Waals surface area contributed by atoms with E-state index in [1.54, 1.807) is 17.7 Å². The summed E-state index contributed by atoms with van der Waals surface area (Å²) in [4.78, 5) is 11.2. The lowest BCUT2D eigenvalue weighted by molar-refractivity contribution is 0.0686. The van der Waals surface area contributed by atoms with E-state index in [2.05, 4.69) is 0 Å². The number of benzene rings is 1. The summed E-state index contributed by atoms with van der Waals surface area (Å²) in [7, 11) is 1.60. The van der Waals surface area contributed by atoms with Crippen LogP contribution in [0.1, 0.15) is 23.0 Å². The molecule has 0 aliphatic heterocycles. The van der Waals surface area contributed by atoms with Crippen LogP contribution in [0.15, 0.2) is 18.2 Å². The molecule has 4 nitrogen and oxygen atoms in total. The molecule has 1 aromatic heterocycles. The van der Waals surface area contributed by atoms with Gasteiger partial charge in [0.25, 0.3) is 0 Å². The lowest BCUT2D eigenvalue weighted by atomic mass is 10.1. The van der Waals surface area contributed by atoms with E-state index in [0.717, 1.165) is 16.5 Å². The van der Waals surface area contributed by atoms with Crippen molar-refractivity contribution in [2.45, 2.75) is 20.4 Å². The first kappa shape index (κ1) is 11.5. The van der Waals surface area contributed by atoms with E-state index in [0.29, 0.717) is 18.0 Å². The highest BCUT2D eigenvalue weighted by Crippen LogP contribution is 2.30. The second-order valence-electron chi connectivity index (χ2n) is 3.98. The molecule has 0 bridgehead atoms. The van der Waals surface area contributed by atoms with Crippen LogP contribution in [0.3, 0.4) is 0 Å². The number of methoxy groups -OCH3 is 1. The number of ether oxygens (including phenoxy) is 1. The van der Waals surface area contributed by atoms with Crippen LogP contribution in [0.4, 0.5) is 0 Å². The predicted molar refractivity (Wildman–Crippen MR) is 65.9 cm³/mol. The van der Waals surface area contributed by atoms with Gasteiger partial charge in [0.2, 0.25) is 0 Å². The number of hydrogen-bond donors (Lipinski definition) is 1. The molecule has 0 fully saturated rings. The zero-order valence-electron chi connectivity index (χ0n) is 10.2. The molecule has 2 rings (SSSR count). The molecule has 0 atom stereocenters. The minimum Gasteiger partial charge on any atom is -0.495 e. The third-order valence-electron chi connectivity index (χ3n) is 2.86. The summed E-state index contributed by atoms with van der Waals surface area (Å²) in [5, 5.41) is 10.1. The smallest absolute Gasteiger partial charge is 0.352 e. The fraction of sp³-hybridized carbons (Fsp3) is 0.308. The summed E-state index contributed by atoms with van der Waals surface area (Å²) in [5.41, 5.74) is 2.20. The van der Waals surface area contributed by atoms with Crippen LogP contribution in [-0.4, -0.2) is 22.8 Å². The van der Waals surface area contributed by atoms with Gasteiger partial charge in [-0.15, -0.1) is 0 Å². The lowest BCUT2D eigenvalue weighted by Crippen LogP contribution is -2.07. The quantitative estimate of drug-likeness (QED) is 0.886. The number of carboxylic acids is 1. The van der Waals surface area contributed by atoms with Crippen LogP contribution in [0.5, 0.6) is 5.75 Å². The average Bonchev–Trinajstić information content (AvgIpc) is 2.66. The second-order valence-corrected chi connectivity index (χ2v) is 3.98. The van der Waals surface area contributed by atoms with Crippen molar-refractivity contribution in [3.05, 3.63) is 29.5 Å². The molecule has 17 heavy (non-hydrogen) atoms. The van der Waals surface area contributed by atoms with E-state index >= 15 is 0 Å². The zero-order chi connectivity index (χ0) is 12.6. The Labute approximate surface area is 99.4 Å². The first-order valence-electron chi connectivity index (χ1n) is 5.49. The van der Waals surface area contributed by atoms with Gasteiger partial charge in [-0.2, -0.15) is 0 Å². The molecule has 1 N–H and O–H groups in total. The second kappa shape index (κ2) is 4.13. The molecule has 2 aromatic rings. The number of carboxylic acid groups (broad SMARTS) is 1. The Balaban J connectivity index is 2.86. The maximum absolute atomic E-state index is 11.2. The normalized spacial score (nSPS) is 10.8. The Hall–Kier alpha value is -1.97. The number of aromatic nitrogens is 1. The Kier molecular flexibility index (Phi) is 2.79. The first-order valence-corrected chi connectivity index (χ1v) is 5.49. The molecule has 0 aliphatic rings. The van der Waals surface area contributed by atoms with E-state index < -0.39 is 5.97 Å². The molecule has 4 heteroatoms. The van der Waals surface area contributed by atoms with Gasteiger partial charge >= 0.3 is 5.97 Å². The van der Waals surface area contributed by atoms with Crippen molar-refractivity contribution in [3.8, 4) is 5.75 Å². The van der Waals surface area contributed by atoms with Crippen molar-refractivity contribution < 1.29 is 14.6 Å². The third kappa shape index (κ3) is 1.75. The maximum atomic E-state index is 11.2. The first-order chi connectivity index (χ1) is 8.08. The van der Waals surface area contributed by atoms with Gasteiger partial charge < -0.3 is 14.4 Å². The lowest BCUT2D eigenvalue weighted by Gasteiger charge is -2.09. The Bertz CT molecular complexity index is 584. The number of aryl methyl sites for hydroxylation is 2. The molecule has 1 aromatic carbocycles. The van der Waals surface area contributed by atoms with Crippen molar-refractivity contribution in [3.63, 3.8) is 0 Å². The SMILES string of the molecule is CCn1c(C(=O)O)cc2cc(C)cc(OC)c21. The molecule has 0 saturated carbocycles. The molecule has 0 amide bonds. The summed E-state index contributed by atoms with van der Waals surface area (Å²) in [6.07, 6.45) is 0. The van der Waals surface area contributed by atoms with E-state index in [9.17, 15) is 4.79 Å². The molecule has 0 aliphatic carbocycles. The number of aromatic carboxylic acids is 1. The number of hydrogen-bond acceptors (Lipinski definition) is 2. The van der Waals surface area contributed by atoms with Crippen molar-refractivity contribution in [2.24, 2.45) is 0 Å². The molecule has 1 heterocycles. The van der Waals surface area contributed by atoms with Gasteiger partial charge in [-0.1, -0.05) is 0 Å². The molecule has 0 saturated heterocycles. The molecule has 90 valence electrons. The number of fused-ring (bicyclic) bond motifs is 1. The molecule has 0 unspecified atom stereocenters. The third-order valence-corrected chi connectivity index (χ3v) is 2.86. The monoisotopic (exact) mass is 233 g/mol. The Morgan fingerprint density at radius 1 is 1.41 bits per heavy atom. The van der Waals surface area contributed by atoms with Gasteiger partial charge in [0.05, 0.1) is 12.6 Å². The van der Waals surface area contributed by atoms with Gasteiger partial charge in [-0.05, 0) is 37.6 Å². The zero-order valence-corrected chi connectivity index (χ0v) is 10.2. The van der Waals surface area contributed by atoms with Crippen molar-refractivity contribution in [2.75, 3.05) is 7.11 Å². The standard InChI is InChI=1S/C13H15NO3/c1-4-14-10(13(15)16)7-9-5-8(2)6-11(17-3)12(9)14/h5-7H,4H2,1-3H3,(H,15,16). The van der Waals surface area contributed by atoms with Crippen molar-refractivity contribution in [1.29, 1.82) is 0 Å². The summed E-state index contributed by atoms with van der Waals surface area (Å²) >= 11 is 0. The van der Waals surface area contributed by atoms with Crippen molar-refractivity contribution in [1.82, 2.24) is 4.57 Å². The van der Waals surface area contributed by atoms with Crippen LogP contribution < -0.4 is 4.74 Å². The summed E-state index contributed by atoms with van der Waals surface area (Å²) in [6.45, 7) is 4.49. The van der Waals surface area contributed by atoms with Gasteiger partial charge in [0.15, 0.2) is 0 Å². The highest BCUT2D eigenvalue weighted by molar-refractivity contribution is 5.97. The topological polar surface area (TPSA) is 51.5 Å². The Morgan fingerprint density at radius 2 is 2.12 bits per heavy atom. The molecular weight excluding hydrogens is 218 g/mol. The minimum atomic E-state index is -0.914. The van der Waals surface area contributed by atoms with Crippen LogP contribution in [0.2, 0.25) is 0 Å². The van der Waals surface area contributed by atoms with E-state index in [-0.39, 0.29) is 0 Å². The summed E-state index contributed by atoms with van der Waals surface area (Å²) in [5.74, 6) is -0.197. The molecule has 0 spiro atoms. The van der Waals surface area contributed by atoms with E-state index in [1.807, 2.05) is 26.0 Å². The summed E-state index contributed by atoms with van der Waals surface area (Å²) in [6, 6.07) is 5.58. The van der Waals surface area contributed by atoms with E-state index in [4.69, 9.17) is 9.84 Å². The van der Waals surface area contributed by atoms with Crippen LogP contribution in [-0.2, 0) is 6.54 Å². The Morgan fingerprint density at radius 3 is 2.65 bits per heavy atom. The largest absolute Gasteiger partial charge is 0.495 e. The highest BCUT2D eigenvalue weighted by atomic mass is 16.5. The van der Waals surface area contributed by atoms with Crippen molar-refractivity contribution >= 4 is 16.9 Å². The highest BCUT2D eigenvalue weighted by Gasteiger charge is 2.16. The number of carbonyl (C=O) groups is 1. The van der Waals surface area contributed by atoms with Crippen LogP contribution in [0, 0.1) is 6.92 Å². The average molecular weight is 233 g/mol. The predicted octanol–water partition coefficient (Wildman–Crippen LogP) is 2.68. The van der Waals surface area contributed by atoms with E-state index in [1.165, 1.54) is 0 Å². The fourth-order valence-corrected chi connectivity index (χ4v) is 2.18. The van der Waals surface area contributed by atoms with Gasteiger partial charge in [0, 0.05) is 11.9 Å². The van der Waals surface area contributed by atoms with Crippen LogP contribution in [0.25, 0.3) is 10.9 Å². The molecular formula is C13H15NO3. The molecule has 0 radical (unpaired) electrons. The van der Waals surface area contributed by atoms with Crippen LogP contribution >= 0.6 is 0 Å². The number of rotatable bonds is 3. The number of nitrogens with zero attached hydrogens (tertiary/aromatic N) is 1.